The maximum atomic E-state index is 12.3. The van der Waals surface area contributed by atoms with Crippen LogP contribution in [0.5, 0.6) is 0 Å². The normalized spacial score (nSPS) is 24.5. The summed E-state index contributed by atoms with van der Waals surface area (Å²) in [7, 11) is 0. The van der Waals surface area contributed by atoms with Crippen LogP contribution in [0.2, 0.25) is 0 Å². The van der Waals surface area contributed by atoms with Crippen LogP contribution >= 0.6 is 0 Å². The van der Waals surface area contributed by atoms with Gasteiger partial charge in [0.25, 0.3) is 5.56 Å². The molecule has 4 rings (SSSR count). The smallest absolute Gasteiger partial charge is 0.268 e. The van der Waals surface area contributed by atoms with Gasteiger partial charge in [-0.2, -0.15) is 5.10 Å². The van der Waals surface area contributed by atoms with Gasteiger partial charge < -0.3 is 4.74 Å². The van der Waals surface area contributed by atoms with Gasteiger partial charge in [0.15, 0.2) is 0 Å². The van der Waals surface area contributed by atoms with E-state index in [1.54, 1.807) is 16.8 Å². The van der Waals surface area contributed by atoms with E-state index >= 15 is 0 Å². The van der Waals surface area contributed by atoms with Crippen molar-refractivity contribution < 1.29 is 4.74 Å². The molecular weight excluding hydrogens is 302 g/mol. The number of morpholine rings is 1. The molecule has 1 aromatic heterocycles. The number of hydrogen-bond donors (Lipinski definition) is 0. The van der Waals surface area contributed by atoms with Crippen LogP contribution in [0.25, 0.3) is 11.3 Å². The minimum absolute atomic E-state index is 0.0477. The van der Waals surface area contributed by atoms with Gasteiger partial charge in [0.1, 0.15) is 0 Å². The van der Waals surface area contributed by atoms with E-state index in [1.165, 1.54) is 12.8 Å². The Balaban J connectivity index is 1.58. The number of ether oxygens (including phenoxy) is 1. The molecule has 2 aliphatic rings. The number of nitrogens with zero attached hydrogens (tertiary/aromatic N) is 3. The zero-order valence-corrected chi connectivity index (χ0v) is 13.8. The molecule has 0 radical (unpaired) electrons. The zero-order chi connectivity index (χ0) is 16.4. The Morgan fingerprint density at radius 1 is 1.08 bits per heavy atom. The number of aromatic nitrogens is 2. The molecule has 2 atom stereocenters. The fourth-order valence-corrected chi connectivity index (χ4v) is 3.84. The second-order valence-corrected chi connectivity index (χ2v) is 6.64. The Kier molecular flexibility index (Phi) is 4.45. The Bertz CT molecular complexity index is 742. The molecule has 0 amide bonds. The van der Waals surface area contributed by atoms with Crippen molar-refractivity contribution in [2.75, 3.05) is 13.2 Å². The van der Waals surface area contributed by atoms with E-state index in [9.17, 15) is 4.79 Å². The van der Waals surface area contributed by atoms with Crippen LogP contribution in [0.4, 0.5) is 0 Å². The molecule has 5 nitrogen and oxygen atoms in total. The van der Waals surface area contributed by atoms with Crippen LogP contribution in [0.15, 0.2) is 47.3 Å². The summed E-state index contributed by atoms with van der Waals surface area (Å²) < 4.78 is 7.52. The molecule has 0 bridgehead atoms. The minimum Gasteiger partial charge on any atom is -0.375 e. The standard InChI is InChI=1S/C19H23N3O2/c23-19-11-10-16(15-6-2-1-3-7-15)20-22(19)14-21-12-13-24-18-9-5-4-8-17(18)21/h1-3,6-7,10-11,17-18H,4-5,8-9,12-14H2. The number of benzene rings is 1. The highest BCUT2D eigenvalue weighted by Crippen LogP contribution is 2.28. The molecule has 2 fully saturated rings. The molecule has 5 heteroatoms. The van der Waals surface area contributed by atoms with E-state index in [4.69, 9.17) is 4.74 Å². The van der Waals surface area contributed by atoms with E-state index in [0.29, 0.717) is 18.8 Å². The minimum atomic E-state index is -0.0477. The lowest BCUT2D eigenvalue weighted by molar-refractivity contribution is -0.0996. The summed E-state index contributed by atoms with van der Waals surface area (Å²) >= 11 is 0. The molecule has 1 saturated heterocycles. The van der Waals surface area contributed by atoms with E-state index in [0.717, 1.165) is 37.3 Å². The first-order valence-corrected chi connectivity index (χ1v) is 8.80. The summed E-state index contributed by atoms with van der Waals surface area (Å²) in [5, 5.41) is 4.60. The summed E-state index contributed by atoms with van der Waals surface area (Å²) in [6.07, 6.45) is 5.09. The Morgan fingerprint density at radius 2 is 1.92 bits per heavy atom. The van der Waals surface area contributed by atoms with E-state index in [2.05, 4.69) is 10.00 Å². The summed E-state index contributed by atoms with van der Waals surface area (Å²) in [5.74, 6) is 0. The first-order chi connectivity index (χ1) is 11.8. The highest BCUT2D eigenvalue weighted by atomic mass is 16.5. The van der Waals surface area contributed by atoms with Crippen LogP contribution in [0.1, 0.15) is 25.7 Å². The Labute approximate surface area is 141 Å². The third kappa shape index (κ3) is 3.14. The number of hydrogen-bond acceptors (Lipinski definition) is 4. The molecule has 0 N–H and O–H groups in total. The van der Waals surface area contributed by atoms with Gasteiger partial charge in [0, 0.05) is 24.2 Å². The highest BCUT2D eigenvalue weighted by molar-refractivity contribution is 5.57. The van der Waals surface area contributed by atoms with Crippen molar-refractivity contribution in [3.05, 3.63) is 52.8 Å². The lowest BCUT2D eigenvalue weighted by atomic mass is 9.90. The average Bonchev–Trinajstić information content (AvgIpc) is 2.64. The average molecular weight is 325 g/mol. The van der Waals surface area contributed by atoms with Crippen LogP contribution in [-0.4, -0.2) is 40.0 Å². The molecule has 2 heterocycles. The van der Waals surface area contributed by atoms with Gasteiger partial charge in [0.05, 0.1) is 25.1 Å². The molecule has 1 aromatic carbocycles. The maximum Gasteiger partial charge on any atom is 0.268 e. The molecule has 0 spiro atoms. The molecule has 2 aromatic rings. The summed E-state index contributed by atoms with van der Waals surface area (Å²) in [5.41, 5.74) is 1.82. The predicted molar refractivity (Wildman–Crippen MR) is 92.6 cm³/mol. The van der Waals surface area contributed by atoms with Crippen LogP contribution in [0.3, 0.4) is 0 Å². The molecule has 1 aliphatic carbocycles. The summed E-state index contributed by atoms with van der Waals surface area (Å²) in [6.45, 7) is 2.16. The second kappa shape index (κ2) is 6.87. The van der Waals surface area contributed by atoms with Gasteiger partial charge in [-0.15, -0.1) is 0 Å². The molecule has 126 valence electrons. The first kappa shape index (κ1) is 15.5. The number of rotatable bonds is 3. The predicted octanol–water partition coefficient (Wildman–Crippen LogP) is 2.51. The topological polar surface area (TPSA) is 47.4 Å². The van der Waals surface area contributed by atoms with Crippen LogP contribution in [-0.2, 0) is 11.4 Å². The number of fused-ring (bicyclic) bond motifs is 1. The lowest BCUT2D eigenvalue weighted by Gasteiger charge is -2.43. The van der Waals surface area contributed by atoms with Gasteiger partial charge in [-0.1, -0.05) is 43.2 Å². The SMILES string of the molecule is O=c1ccc(-c2ccccc2)nn1CN1CCOC2CCCCC21. The van der Waals surface area contributed by atoms with Gasteiger partial charge >= 0.3 is 0 Å². The van der Waals surface area contributed by atoms with Crippen molar-refractivity contribution in [2.45, 2.75) is 44.5 Å². The summed E-state index contributed by atoms with van der Waals surface area (Å²) in [4.78, 5) is 14.7. The maximum absolute atomic E-state index is 12.3. The van der Waals surface area contributed by atoms with E-state index in [-0.39, 0.29) is 5.56 Å². The summed E-state index contributed by atoms with van der Waals surface area (Å²) in [6, 6.07) is 13.8. The highest BCUT2D eigenvalue weighted by Gasteiger charge is 2.34. The lowest BCUT2D eigenvalue weighted by Crippen LogP contribution is -2.53. The van der Waals surface area contributed by atoms with Gasteiger partial charge in [-0.05, 0) is 18.9 Å². The van der Waals surface area contributed by atoms with Crippen molar-refractivity contribution in [1.82, 2.24) is 14.7 Å². The third-order valence-corrected chi connectivity index (χ3v) is 5.10. The largest absolute Gasteiger partial charge is 0.375 e. The molecular formula is C19H23N3O2. The first-order valence-electron chi connectivity index (χ1n) is 8.80. The third-order valence-electron chi connectivity index (χ3n) is 5.10. The Hall–Kier alpha value is -1.98. The molecule has 1 aliphatic heterocycles. The quantitative estimate of drug-likeness (QED) is 0.870. The van der Waals surface area contributed by atoms with Crippen LogP contribution < -0.4 is 5.56 Å². The van der Waals surface area contributed by atoms with Crippen molar-refractivity contribution in [3.8, 4) is 11.3 Å². The molecule has 2 unspecified atom stereocenters. The monoisotopic (exact) mass is 325 g/mol. The van der Waals surface area contributed by atoms with Gasteiger partial charge in [-0.3, -0.25) is 9.69 Å². The fraction of sp³-hybridized carbons (Fsp3) is 0.474. The van der Waals surface area contributed by atoms with Crippen molar-refractivity contribution >= 4 is 0 Å². The van der Waals surface area contributed by atoms with Crippen LogP contribution in [0, 0.1) is 0 Å². The Morgan fingerprint density at radius 3 is 2.79 bits per heavy atom. The van der Waals surface area contributed by atoms with Crippen molar-refractivity contribution in [2.24, 2.45) is 0 Å². The second-order valence-electron chi connectivity index (χ2n) is 6.64. The molecule has 24 heavy (non-hydrogen) atoms. The fourth-order valence-electron chi connectivity index (χ4n) is 3.84. The van der Waals surface area contributed by atoms with E-state index in [1.807, 2.05) is 30.3 Å². The van der Waals surface area contributed by atoms with E-state index < -0.39 is 0 Å². The zero-order valence-electron chi connectivity index (χ0n) is 13.8. The van der Waals surface area contributed by atoms with Gasteiger partial charge in [0.2, 0.25) is 0 Å². The van der Waals surface area contributed by atoms with Crippen molar-refractivity contribution in [3.63, 3.8) is 0 Å². The van der Waals surface area contributed by atoms with Crippen molar-refractivity contribution in [1.29, 1.82) is 0 Å². The van der Waals surface area contributed by atoms with Gasteiger partial charge in [-0.25, -0.2) is 4.68 Å². The molecule has 1 saturated carbocycles.